The number of nitrogens with zero attached hydrogens (tertiary/aromatic N) is 2. The summed E-state index contributed by atoms with van der Waals surface area (Å²) in [6.45, 7) is 6.57. The fourth-order valence-corrected chi connectivity index (χ4v) is 2.97. The summed E-state index contributed by atoms with van der Waals surface area (Å²) in [5, 5.41) is 6.50. The van der Waals surface area contributed by atoms with E-state index in [0.29, 0.717) is 18.4 Å². The van der Waals surface area contributed by atoms with Gasteiger partial charge in [0.1, 0.15) is 0 Å². The second-order valence-corrected chi connectivity index (χ2v) is 6.99. The lowest BCUT2D eigenvalue weighted by Gasteiger charge is -2.11. The molecule has 3 rings (SSSR count). The average molecular weight is 386 g/mol. The Bertz CT molecular complexity index is 736. The van der Waals surface area contributed by atoms with Gasteiger partial charge in [0.15, 0.2) is 11.7 Å². The lowest BCUT2D eigenvalue weighted by molar-refractivity contribution is 0.0888. The van der Waals surface area contributed by atoms with Gasteiger partial charge >= 0.3 is 0 Å². The van der Waals surface area contributed by atoms with Crippen LogP contribution in [-0.4, -0.2) is 51.0 Å². The fraction of sp³-hybridized carbons (Fsp3) is 0.524. The Morgan fingerprint density at radius 3 is 2.89 bits per heavy atom. The SMILES string of the molecule is CN=C(NCCCOCC1CCOC1)NCc1ncc(-c2ccc(C)cc2)o1. The molecule has 1 atom stereocenters. The molecule has 2 N–H and O–H groups in total. The van der Waals surface area contributed by atoms with Gasteiger partial charge in [-0.1, -0.05) is 29.8 Å². The molecule has 1 aliphatic rings. The van der Waals surface area contributed by atoms with Gasteiger partial charge in [-0.05, 0) is 19.8 Å². The van der Waals surface area contributed by atoms with Gasteiger partial charge in [-0.15, -0.1) is 0 Å². The number of aromatic nitrogens is 1. The molecule has 0 aliphatic carbocycles. The molecule has 152 valence electrons. The average Bonchev–Trinajstić information content (AvgIpc) is 3.39. The molecule has 1 aromatic carbocycles. The van der Waals surface area contributed by atoms with E-state index in [4.69, 9.17) is 13.9 Å². The third-order valence-corrected chi connectivity index (χ3v) is 4.66. The van der Waals surface area contributed by atoms with Crippen molar-refractivity contribution >= 4 is 5.96 Å². The number of benzene rings is 1. The first-order chi connectivity index (χ1) is 13.7. The van der Waals surface area contributed by atoms with Gasteiger partial charge in [0.25, 0.3) is 0 Å². The summed E-state index contributed by atoms with van der Waals surface area (Å²) in [6.07, 6.45) is 3.79. The van der Waals surface area contributed by atoms with Crippen LogP contribution < -0.4 is 10.6 Å². The molecule has 7 nitrogen and oxygen atoms in total. The predicted octanol–water partition coefficient (Wildman–Crippen LogP) is 2.76. The van der Waals surface area contributed by atoms with Crippen molar-refractivity contribution in [2.45, 2.75) is 26.3 Å². The Labute approximate surface area is 166 Å². The molecule has 2 aromatic rings. The van der Waals surface area contributed by atoms with Crippen molar-refractivity contribution < 1.29 is 13.9 Å². The van der Waals surface area contributed by atoms with Crippen molar-refractivity contribution in [1.82, 2.24) is 15.6 Å². The molecule has 0 amide bonds. The Hall–Kier alpha value is -2.38. The maximum atomic E-state index is 5.82. The lowest BCUT2D eigenvalue weighted by atomic mass is 10.1. The summed E-state index contributed by atoms with van der Waals surface area (Å²) in [4.78, 5) is 8.56. The first-order valence-corrected chi connectivity index (χ1v) is 9.86. The summed E-state index contributed by atoms with van der Waals surface area (Å²) < 4.78 is 16.9. The molecule has 0 saturated carbocycles. The van der Waals surface area contributed by atoms with Gasteiger partial charge in [0.2, 0.25) is 5.89 Å². The van der Waals surface area contributed by atoms with E-state index in [9.17, 15) is 0 Å². The number of ether oxygens (including phenoxy) is 2. The van der Waals surface area contributed by atoms with E-state index in [-0.39, 0.29) is 0 Å². The van der Waals surface area contributed by atoms with Crippen LogP contribution in [0, 0.1) is 12.8 Å². The highest BCUT2D eigenvalue weighted by Gasteiger charge is 2.15. The Morgan fingerprint density at radius 2 is 2.14 bits per heavy atom. The second-order valence-electron chi connectivity index (χ2n) is 6.99. The molecule has 0 bridgehead atoms. The Morgan fingerprint density at radius 1 is 1.29 bits per heavy atom. The summed E-state index contributed by atoms with van der Waals surface area (Å²) in [6, 6.07) is 8.20. The number of nitrogens with one attached hydrogen (secondary N) is 2. The van der Waals surface area contributed by atoms with Gasteiger partial charge in [-0.25, -0.2) is 4.98 Å². The van der Waals surface area contributed by atoms with E-state index in [1.165, 1.54) is 5.56 Å². The molecule has 1 aromatic heterocycles. The van der Waals surface area contributed by atoms with E-state index in [1.807, 2.05) is 12.1 Å². The maximum absolute atomic E-state index is 5.82. The molecule has 1 unspecified atom stereocenters. The van der Waals surface area contributed by atoms with Crippen molar-refractivity contribution in [3.8, 4) is 11.3 Å². The molecular weight excluding hydrogens is 356 g/mol. The van der Waals surface area contributed by atoms with Crippen LogP contribution in [-0.2, 0) is 16.0 Å². The minimum absolute atomic E-state index is 0.476. The normalized spacial score (nSPS) is 17.1. The van der Waals surface area contributed by atoms with Crippen LogP contribution in [0.3, 0.4) is 0 Å². The van der Waals surface area contributed by atoms with Crippen LogP contribution in [0.4, 0.5) is 0 Å². The van der Waals surface area contributed by atoms with Crippen LogP contribution in [0.5, 0.6) is 0 Å². The number of oxazole rings is 1. The van der Waals surface area contributed by atoms with Gasteiger partial charge in [-0.3, -0.25) is 4.99 Å². The topological polar surface area (TPSA) is 80.9 Å². The Balaban J connectivity index is 1.33. The minimum atomic E-state index is 0.476. The first kappa shape index (κ1) is 20.4. The van der Waals surface area contributed by atoms with Crippen LogP contribution in [0.25, 0.3) is 11.3 Å². The molecule has 7 heteroatoms. The summed E-state index contributed by atoms with van der Waals surface area (Å²) in [5.41, 5.74) is 2.24. The van der Waals surface area contributed by atoms with Crippen LogP contribution in [0.15, 0.2) is 39.9 Å². The summed E-state index contributed by atoms with van der Waals surface area (Å²) in [7, 11) is 1.75. The van der Waals surface area contributed by atoms with E-state index < -0.39 is 0 Å². The number of rotatable bonds is 9. The second kappa shape index (κ2) is 10.8. The number of hydrogen-bond donors (Lipinski definition) is 2. The van der Waals surface area contributed by atoms with E-state index >= 15 is 0 Å². The Kier molecular flexibility index (Phi) is 7.87. The van der Waals surface area contributed by atoms with Crippen molar-refractivity contribution in [1.29, 1.82) is 0 Å². The van der Waals surface area contributed by atoms with Gasteiger partial charge in [0.05, 0.1) is 26.0 Å². The maximum Gasteiger partial charge on any atom is 0.214 e. The van der Waals surface area contributed by atoms with Gasteiger partial charge in [-0.2, -0.15) is 0 Å². The van der Waals surface area contributed by atoms with Crippen LogP contribution in [0.1, 0.15) is 24.3 Å². The lowest BCUT2D eigenvalue weighted by Crippen LogP contribution is -2.37. The van der Waals surface area contributed by atoms with Crippen molar-refractivity contribution in [3.63, 3.8) is 0 Å². The molecule has 2 heterocycles. The largest absolute Gasteiger partial charge is 0.439 e. The minimum Gasteiger partial charge on any atom is -0.439 e. The molecule has 1 aliphatic heterocycles. The van der Waals surface area contributed by atoms with Crippen molar-refractivity contribution in [2.75, 3.05) is 40.0 Å². The monoisotopic (exact) mass is 386 g/mol. The molecule has 0 spiro atoms. The highest BCUT2D eigenvalue weighted by atomic mass is 16.5. The third kappa shape index (κ3) is 6.35. The number of hydrogen-bond acceptors (Lipinski definition) is 5. The fourth-order valence-electron chi connectivity index (χ4n) is 2.97. The van der Waals surface area contributed by atoms with Gasteiger partial charge in [0, 0.05) is 38.3 Å². The van der Waals surface area contributed by atoms with Crippen LogP contribution in [0.2, 0.25) is 0 Å². The van der Waals surface area contributed by atoms with Crippen molar-refractivity contribution in [2.24, 2.45) is 10.9 Å². The summed E-state index contributed by atoms with van der Waals surface area (Å²) in [5.74, 6) is 2.68. The molecule has 0 radical (unpaired) electrons. The molecule has 28 heavy (non-hydrogen) atoms. The highest BCUT2D eigenvalue weighted by molar-refractivity contribution is 5.79. The molecule has 1 fully saturated rings. The zero-order chi connectivity index (χ0) is 19.6. The standard InChI is InChI=1S/C21H30N4O3/c1-16-4-6-18(7-5-16)19-12-24-20(28-19)13-25-21(22-2)23-9-3-10-26-14-17-8-11-27-15-17/h4-7,12,17H,3,8-11,13-15H2,1-2H3,(H2,22,23,25). The smallest absolute Gasteiger partial charge is 0.214 e. The van der Waals surface area contributed by atoms with Crippen molar-refractivity contribution in [3.05, 3.63) is 41.9 Å². The molecular formula is C21H30N4O3. The molecule has 1 saturated heterocycles. The summed E-state index contributed by atoms with van der Waals surface area (Å²) >= 11 is 0. The number of aliphatic imine (C=N–C) groups is 1. The third-order valence-electron chi connectivity index (χ3n) is 4.66. The number of aryl methyl sites for hydroxylation is 1. The zero-order valence-corrected chi connectivity index (χ0v) is 16.7. The van der Waals surface area contributed by atoms with Crippen LogP contribution >= 0.6 is 0 Å². The quantitative estimate of drug-likeness (QED) is 0.392. The van der Waals surface area contributed by atoms with E-state index in [1.54, 1.807) is 13.2 Å². The van der Waals surface area contributed by atoms with E-state index in [0.717, 1.165) is 63.1 Å². The number of guanidine groups is 1. The zero-order valence-electron chi connectivity index (χ0n) is 16.7. The first-order valence-electron chi connectivity index (χ1n) is 9.86. The van der Waals surface area contributed by atoms with E-state index in [2.05, 4.69) is 39.7 Å². The predicted molar refractivity (Wildman–Crippen MR) is 109 cm³/mol. The highest BCUT2D eigenvalue weighted by Crippen LogP contribution is 2.20. The van der Waals surface area contributed by atoms with Gasteiger partial charge < -0.3 is 24.5 Å².